The molecule has 0 saturated carbocycles. The van der Waals surface area contributed by atoms with Crippen molar-refractivity contribution in [3.05, 3.63) is 48.6 Å². The van der Waals surface area contributed by atoms with Gasteiger partial charge in [0.2, 0.25) is 0 Å². The van der Waals surface area contributed by atoms with E-state index in [2.05, 4.69) is 65.3 Å². The zero-order valence-electron chi connectivity index (χ0n) is 13.0. The Hall–Kier alpha value is -1.08. The molecule has 1 rings (SSSR count). The van der Waals surface area contributed by atoms with E-state index >= 15 is 0 Å². The van der Waals surface area contributed by atoms with Crippen molar-refractivity contribution in [1.29, 1.82) is 0 Å². The lowest BCUT2D eigenvalue weighted by atomic mass is 10.2. The molecular weight excluding hydrogens is 375 g/mol. The molecule has 0 fully saturated rings. The van der Waals surface area contributed by atoms with Crippen molar-refractivity contribution in [3.8, 4) is 0 Å². The first kappa shape index (κ1) is 19.9. The van der Waals surface area contributed by atoms with Crippen LogP contribution in [0.5, 0.6) is 0 Å². The third-order valence-electron chi connectivity index (χ3n) is 2.81. The number of likely N-dealkylation sites (N-methyl/N-ethyl adjacent to an activating group) is 1. The first-order valence-corrected chi connectivity index (χ1v) is 7.11. The average Bonchev–Trinajstić information content (AvgIpc) is 2.45. The molecule has 0 atom stereocenters. The Morgan fingerprint density at radius 3 is 2.62 bits per heavy atom. The normalized spacial score (nSPS) is 10.9. The van der Waals surface area contributed by atoms with Crippen LogP contribution in [-0.4, -0.2) is 44.1 Å². The molecule has 0 saturated heterocycles. The molecule has 0 aromatic heterocycles. The lowest BCUT2D eigenvalue weighted by molar-refractivity contribution is 0.336. The van der Waals surface area contributed by atoms with Crippen LogP contribution in [0.25, 0.3) is 0 Å². The van der Waals surface area contributed by atoms with Gasteiger partial charge in [-0.2, -0.15) is 0 Å². The number of benzene rings is 1. The fourth-order valence-corrected chi connectivity index (χ4v) is 1.82. The van der Waals surface area contributed by atoms with Crippen LogP contribution in [0, 0.1) is 0 Å². The highest BCUT2D eigenvalue weighted by Gasteiger charge is 2.00. The number of nitrogens with zero attached hydrogens (tertiary/aromatic N) is 2. The van der Waals surface area contributed by atoms with Crippen molar-refractivity contribution in [2.75, 3.05) is 33.2 Å². The van der Waals surface area contributed by atoms with Crippen LogP contribution >= 0.6 is 24.0 Å². The number of rotatable bonds is 8. The Labute approximate surface area is 145 Å². The smallest absolute Gasteiger partial charge is 0.191 e. The maximum absolute atomic E-state index is 4.54. The van der Waals surface area contributed by atoms with E-state index in [4.69, 9.17) is 0 Å². The van der Waals surface area contributed by atoms with Crippen LogP contribution in [0.4, 0.5) is 0 Å². The van der Waals surface area contributed by atoms with Crippen LogP contribution in [0.1, 0.15) is 12.5 Å². The molecule has 0 bridgehead atoms. The number of halogens is 1. The van der Waals surface area contributed by atoms with Gasteiger partial charge in [-0.15, -0.1) is 30.6 Å². The van der Waals surface area contributed by atoms with Gasteiger partial charge in [0.25, 0.3) is 0 Å². The molecule has 21 heavy (non-hydrogen) atoms. The Kier molecular flexibility index (Phi) is 12.0. The van der Waals surface area contributed by atoms with Gasteiger partial charge < -0.3 is 15.5 Å². The largest absolute Gasteiger partial charge is 0.357 e. The second-order valence-electron chi connectivity index (χ2n) is 4.65. The summed E-state index contributed by atoms with van der Waals surface area (Å²) in [7, 11) is 2.12. The Morgan fingerprint density at radius 2 is 2.00 bits per heavy atom. The maximum atomic E-state index is 4.54. The van der Waals surface area contributed by atoms with E-state index < -0.39 is 0 Å². The first-order valence-electron chi connectivity index (χ1n) is 7.11. The highest BCUT2D eigenvalue weighted by atomic mass is 127. The SMILES string of the molecule is C=CCNC(=NCCN(C)Cc1ccccc1)NCC.I. The fourth-order valence-electron chi connectivity index (χ4n) is 1.82. The van der Waals surface area contributed by atoms with Gasteiger partial charge in [0.15, 0.2) is 5.96 Å². The van der Waals surface area contributed by atoms with Crippen molar-refractivity contribution in [1.82, 2.24) is 15.5 Å². The second-order valence-corrected chi connectivity index (χ2v) is 4.65. The molecular formula is C16H27IN4. The summed E-state index contributed by atoms with van der Waals surface area (Å²) < 4.78 is 0. The van der Waals surface area contributed by atoms with Gasteiger partial charge in [-0.05, 0) is 19.5 Å². The summed E-state index contributed by atoms with van der Waals surface area (Å²) in [4.78, 5) is 6.81. The van der Waals surface area contributed by atoms with E-state index in [1.807, 2.05) is 12.1 Å². The summed E-state index contributed by atoms with van der Waals surface area (Å²) >= 11 is 0. The van der Waals surface area contributed by atoms with Crippen molar-refractivity contribution in [2.45, 2.75) is 13.5 Å². The number of aliphatic imine (C=N–C) groups is 1. The third-order valence-corrected chi connectivity index (χ3v) is 2.81. The Balaban J connectivity index is 0.00000400. The summed E-state index contributed by atoms with van der Waals surface area (Å²) in [5.74, 6) is 0.848. The Bertz CT molecular complexity index is 406. The molecule has 0 unspecified atom stereocenters. The molecule has 5 heteroatoms. The van der Waals surface area contributed by atoms with Gasteiger partial charge in [0, 0.05) is 26.2 Å². The van der Waals surface area contributed by atoms with Crippen molar-refractivity contribution >= 4 is 29.9 Å². The third kappa shape index (κ3) is 9.47. The molecule has 4 nitrogen and oxygen atoms in total. The van der Waals surface area contributed by atoms with Crippen LogP contribution < -0.4 is 10.6 Å². The summed E-state index contributed by atoms with van der Waals surface area (Å²) in [5.41, 5.74) is 1.33. The number of hydrogen-bond acceptors (Lipinski definition) is 2. The maximum Gasteiger partial charge on any atom is 0.191 e. The van der Waals surface area contributed by atoms with E-state index in [1.165, 1.54) is 5.56 Å². The van der Waals surface area contributed by atoms with E-state index in [-0.39, 0.29) is 24.0 Å². The molecule has 0 heterocycles. The zero-order valence-corrected chi connectivity index (χ0v) is 15.3. The highest BCUT2D eigenvalue weighted by Crippen LogP contribution is 2.01. The quantitative estimate of drug-likeness (QED) is 0.304. The molecule has 118 valence electrons. The fraction of sp³-hybridized carbons (Fsp3) is 0.438. The molecule has 0 amide bonds. The molecule has 0 spiro atoms. The predicted octanol–water partition coefficient (Wildman–Crippen LogP) is 2.48. The van der Waals surface area contributed by atoms with Crippen molar-refractivity contribution < 1.29 is 0 Å². The zero-order chi connectivity index (χ0) is 14.6. The number of nitrogens with one attached hydrogen (secondary N) is 2. The van der Waals surface area contributed by atoms with Crippen LogP contribution in [0.3, 0.4) is 0 Å². The minimum atomic E-state index is 0. The van der Waals surface area contributed by atoms with E-state index in [1.54, 1.807) is 0 Å². The number of guanidine groups is 1. The lowest BCUT2D eigenvalue weighted by Gasteiger charge is -2.16. The van der Waals surface area contributed by atoms with Gasteiger partial charge in [-0.1, -0.05) is 36.4 Å². The van der Waals surface area contributed by atoms with Gasteiger partial charge in [-0.25, -0.2) is 0 Å². The highest BCUT2D eigenvalue weighted by molar-refractivity contribution is 14.0. The summed E-state index contributed by atoms with van der Waals surface area (Å²) in [6.45, 7) is 10.0. The van der Waals surface area contributed by atoms with E-state index in [0.29, 0.717) is 0 Å². The van der Waals surface area contributed by atoms with E-state index in [0.717, 1.165) is 38.7 Å². The van der Waals surface area contributed by atoms with E-state index in [9.17, 15) is 0 Å². The second kappa shape index (κ2) is 12.6. The molecule has 1 aromatic carbocycles. The minimum Gasteiger partial charge on any atom is -0.357 e. The topological polar surface area (TPSA) is 39.7 Å². The van der Waals surface area contributed by atoms with Crippen molar-refractivity contribution in [2.24, 2.45) is 4.99 Å². The van der Waals surface area contributed by atoms with Crippen molar-refractivity contribution in [3.63, 3.8) is 0 Å². The standard InChI is InChI=1S/C16H26N4.HI/c1-4-11-18-16(17-5-2)19-12-13-20(3)14-15-9-7-6-8-10-15;/h4,6-10H,1,5,11-14H2,2-3H3,(H2,17,18,19);1H. The molecule has 0 aliphatic carbocycles. The summed E-state index contributed by atoms with van der Waals surface area (Å²) in [5, 5.41) is 6.41. The van der Waals surface area contributed by atoms with Gasteiger partial charge in [0.1, 0.15) is 0 Å². The van der Waals surface area contributed by atoms with Gasteiger partial charge in [-0.3, -0.25) is 4.99 Å². The Morgan fingerprint density at radius 1 is 1.29 bits per heavy atom. The average molecular weight is 402 g/mol. The summed E-state index contributed by atoms with van der Waals surface area (Å²) in [6, 6.07) is 10.5. The van der Waals surface area contributed by atoms with Gasteiger partial charge in [0.05, 0.1) is 6.54 Å². The van der Waals surface area contributed by atoms with Gasteiger partial charge >= 0.3 is 0 Å². The predicted molar refractivity (Wildman–Crippen MR) is 102 cm³/mol. The monoisotopic (exact) mass is 402 g/mol. The molecule has 1 aromatic rings. The lowest BCUT2D eigenvalue weighted by Crippen LogP contribution is -2.37. The number of hydrogen-bond donors (Lipinski definition) is 2. The molecule has 0 aliphatic rings. The minimum absolute atomic E-state index is 0. The summed E-state index contributed by atoms with van der Waals surface area (Å²) in [6.07, 6.45) is 1.83. The van der Waals surface area contributed by atoms with Crippen LogP contribution in [0.15, 0.2) is 48.0 Å². The van der Waals surface area contributed by atoms with Crippen LogP contribution in [0.2, 0.25) is 0 Å². The first-order chi connectivity index (χ1) is 9.76. The molecule has 0 aliphatic heterocycles. The van der Waals surface area contributed by atoms with Crippen LogP contribution in [-0.2, 0) is 6.54 Å². The molecule has 2 N–H and O–H groups in total. The molecule has 0 radical (unpaired) electrons.